The maximum Gasteiger partial charge on any atom is 0.0769 e. The van der Waals surface area contributed by atoms with Crippen LogP contribution in [0.4, 0.5) is 5.69 Å². The molecule has 0 amide bonds. The molecule has 0 aliphatic carbocycles. The number of hydrogen-bond acceptors (Lipinski definition) is 4. The van der Waals surface area contributed by atoms with Crippen molar-refractivity contribution in [2.75, 3.05) is 44.2 Å². The first-order valence-corrected chi connectivity index (χ1v) is 12.7. The van der Waals surface area contributed by atoms with Crippen LogP contribution in [0.5, 0.6) is 0 Å². The topological polar surface area (TPSA) is 36.3 Å². The number of nitrogens with one attached hydrogen (secondary N) is 1. The van der Waals surface area contributed by atoms with Crippen LogP contribution in [0.2, 0.25) is 5.02 Å². The first kappa shape index (κ1) is 24.8. The van der Waals surface area contributed by atoms with E-state index < -0.39 is 0 Å². The molecule has 3 aromatic rings. The third-order valence-corrected chi connectivity index (χ3v) is 6.76. The fraction of sp³-hybridized carbons (Fsp3) is 0.464. The van der Waals surface area contributed by atoms with Crippen molar-refractivity contribution in [3.8, 4) is 11.3 Å². The van der Waals surface area contributed by atoms with Gasteiger partial charge in [-0.1, -0.05) is 41.4 Å². The number of aromatic nitrogens is 2. The molecule has 4 rings (SSSR count). The van der Waals surface area contributed by atoms with Crippen LogP contribution >= 0.6 is 11.6 Å². The standard InChI is InChI=1S/C28H38ClN5/c1-21-6-11-26(22(2)18-21)33-16-14-32(15-17-33)13-12-30-20-25-19-27(34(31-25)28(3,4)5)23-7-9-24(29)10-8-23/h6-11,18-19,30H,12-17,20H2,1-5H3. The average Bonchev–Trinajstić information content (AvgIpc) is 3.23. The molecule has 2 aromatic carbocycles. The summed E-state index contributed by atoms with van der Waals surface area (Å²) in [7, 11) is 0. The molecule has 1 aromatic heterocycles. The summed E-state index contributed by atoms with van der Waals surface area (Å²) >= 11 is 6.10. The van der Waals surface area contributed by atoms with E-state index in [4.69, 9.17) is 16.7 Å². The Labute approximate surface area is 209 Å². The fourth-order valence-corrected chi connectivity index (χ4v) is 4.81. The minimum Gasteiger partial charge on any atom is -0.369 e. The average molecular weight is 480 g/mol. The van der Waals surface area contributed by atoms with E-state index in [0.717, 1.165) is 67.8 Å². The van der Waals surface area contributed by atoms with Crippen molar-refractivity contribution in [2.45, 2.75) is 46.7 Å². The lowest BCUT2D eigenvalue weighted by Crippen LogP contribution is -2.48. The molecule has 0 spiro atoms. The molecule has 2 heterocycles. The van der Waals surface area contributed by atoms with E-state index >= 15 is 0 Å². The second kappa shape index (κ2) is 10.5. The fourth-order valence-electron chi connectivity index (χ4n) is 4.68. The predicted octanol–water partition coefficient (Wildman–Crippen LogP) is 5.49. The molecule has 5 nitrogen and oxygen atoms in total. The van der Waals surface area contributed by atoms with Gasteiger partial charge in [0.05, 0.1) is 16.9 Å². The van der Waals surface area contributed by atoms with E-state index in [1.165, 1.54) is 16.8 Å². The van der Waals surface area contributed by atoms with E-state index in [-0.39, 0.29) is 5.54 Å². The lowest BCUT2D eigenvalue weighted by molar-refractivity contribution is 0.257. The van der Waals surface area contributed by atoms with Crippen molar-refractivity contribution < 1.29 is 0 Å². The van der Waals surface area contributed by atoms with Crippen LogP contribution in [0.3, 0.4) is 0 Å². The van der Waals surface area contributed by atoms with Gasteiger partial charge in [-0.05, 0) is 70.0 Å². The second-order valence-electron chi connectivity index (χ2n) is 10.4. The van der Waals surface area contributed by atoms with Gasteiger partial charge in [-0.3, -0.25) is 9.58 Å². The van der Waals surface area contributed by atoms with Crippen LogP contribution in [0.15, 0.2) is 48.5 Å². The number of piperazine rings is 1. The number of halogens is 1. The molecular weight excluding hydrogens is 442 g/mol. The molecule has 1 N–H and O–H groups in total. The van der Waals surface area contributed by atoms with Crippen LogP contribution in [0, 0.1) is 13.8 Å². The number of rotatable bonds is 7. The first-order valence-electron chi connectivity index (χ1n) is 12.3. The Morgan fingerprint density at radius 1 is 0.941 bits per heavy atom. The molecule has 0 radical (unpaired) electrons. The highest BCUT2D eigenvalue weighted by Gasteiger charge is 2.21. The Kier molecular flexibility index (Phi) is 7.66. The Morgan fingerprint density at radius 3 is 2.29 bits per heavy atom. The molecule has 0 saturated carbocycles. The third-order valence-electron chi connectivity index (χ3n) is 6.51. The molecule has 0 atom stereocenters. The Hall–Kier alpha value is -2.34. The Bertz CT molecular complexity index is 1090. The molecule has 34 heavy (non-hydrogen) atoms. The normalized spacial score (nSPS) is 15.2. The van der Waals surface area contributed by atoms with Crippen LogP contribution in [-0.4, -0.2) is 53.9 Å². The summed E-state index contributed by atoms with van der Waals surface area (Å²) in [4.78, 5) is 5.08. The highest BCUT2D eigenvalue weighted by Crippen LogP contribution is 2.28. The van der Waals surface area contributed by atoms with Crippen LogP contribution in [0.25, 0.3) is 11.3 Å². The summed E-state index contributed by atoms with van der Waals surface area (Å²) in [5.74, 6) is 0. The highest BCUT2D eigenvalue weighted by molar-refractivity contribution is 6.30. The number of hydrogen-bond donors (Lipinski definition) is 1. The monoisotopic (exact) mass is 479 g/mol. The van der Waals surface area contributed by atoms with Gasteiger partial charge in [0.1, 0.15) is 0 Å². The summed E-state index contributed by atoms with van der Waals surface area (Å²) < 4.78 is 2.12. The van der Waals surface area contributed by atoms with Gasteiger partial charge in [-0.25, -0.2) is 0 Å². The van der Waals surface area contributed by atoms with Crippen molar-refractivity contribution in [3.05, 3.63) is 70.4 Å². The molecule has 1 saturated heterocycles. The zero-order valence-electron chi connectivity index (χ0n) is 21.2. The minimum absolute atomic E-state index is 0.0945. The third kappa shape index (κ3) is 6.01. The Morgan fingerprint density at radius 2 is 1.65 bits per heavy atom. The van der Waals surface area contributed by atoms with Gasteiger partial charge < -0.3 is 10.2 Å². The predicted molar refractivity (Wildman–Crippen MR) is 144 cm³/mol. The zero-order valence-corrected chi connectivity index (χ0v) is 22.0. The lowest BCUT2D eigenvalue weighted by atomic mass is 10.1. The molecule has 182 valence electrons. The molecule has 1 fully saturated rings. The van der Waals surface area contributed by atoms with Gasteiger partial charge in [0.2, 0.25) is 0 Å². The van der Waals surface area contributed by atoms with E-state index in [1.54, 1.807) is 0 Å². The van der Waals surface area contributed by atoms with Crippen LogP contribution in [0.1, 0.15) is 37.6 Å². The van der Waals surface area contributed by atoms with Crippen molar-refractivity contribution in [3.63, 3.8) is 0 Å². The first-order chi connectivity index (χ1) is 16.2. The summed E-state index contributed by atoms with van der Waals surface area (Å²) in [5, 5.41) is 9.28. The smallest absolute Gasteiger partial charge is 0.0769 e. The van der Waals surface area contributed by atoms with Crippen molar-refractivity contribution in [1.82, 2.24) is 20.0 Å². The maximum atomic E-state index is 6.10. The van der Waals surface area contributed by atoms with Gasteiger partial charge in [-0.15, -0.1) is 0 Å². The number of benzene rings is 2. The van der Waals surface area contributed by atoms with Crippen LogP contribution < -0.4 is 10.2 Å². The number of nitrogens with zero attached hydrogens (tertiary/aromatic N) is 4. The van der Waals surface area contributed by atoms with Gasteiger partial charge >= 0.3 is 0 Å². The number of aryl methyl sites for hydroxylation is 2. The second-order valence-corrected chi connectivity index (χ2v) is 10.8. The highest BCUT2D eigenvalue weighted by atomic mass is 35.5. The van der Waals surface area contributed by atoms with Gasteiger partial charge in [0, 0.05) is 56.5 Å². The summed E-state index contributed by atoms with van der Waals surface area (Å²) in [6.45, 7) is 18.1. The molecular formula is C28H38ClN5. The summed E-state index contributed by atoms with van der Waals surface area (Å²) in [6.07, 6.45) is 0. The quantitative estimate of drug-likeness (QED) is 0.455. The Balaban J connectivity index is 1.28. The van der Waals surface area contributed by atoms with E-state index in [9.17, 15) is 0 Å². The summed E-state index contributed by atoms with van der Waals surface area (Å²) in [6, 6.07) is 17.0. The minimum atomic E-state index is -0.0945. The zero-order chi connectivity index (χ0) is 24.3. The van der Waals surface area contributed by atoms with Crippen molar-refractivity contribution in [1.29, 1.82) is 0 Å². The molecule has 1 aliphatic rings. The molecule has 0 bridgehead atoms. The summed E-state index contributed by atoms with van der Waals surface area (Å²) in [5.41, 5.74) is 7.33. The van der Waals surface area contributed by atoms with Gasteiger partial charge in [0.15, 0.2) is 0 Å². The van der Waals surface area contributed by atoms with E-state index in [1.807, 2.05) is 12.1 Å². The largest absolute Gasteiger partial charge is 0.369 e. The van der Waals surface area contributed by atoms with Crippen LogP contribution in [-0.2, 0) is 12.1 Å². The van der Waals surface area contributed by atoms with Gasteiger partial charge in [0.25, 0.3) is 0 Å². The van der Waals surface area contributed by atoms with Crippen molar-refractivity contribution in [2.24, 2.45) is 0 Å². The lowest BCUT2D eigenvalue weighted by Gasteiger charge is -2.37. The van der Waals surface area contributed by atoms with Crippen molar-refractivity contribution >= 4 is 17.3 Å². The van der Waals surface area contributed by atoms with E-state index in [2.05, 4.69) is 90.8 Å². The number of anilines is 1. The molecule has 0 unspecified atom stereocenters. The van der Waals surface area contributed by atoms with Gasteiger partial charge in [-0.2, -0.15) is 5.10 Å². The van der Waals surface area contributed by atoms with E-state index in [0.29, 0.717) is 0 Å². The molecule has 6 heteroatoms. The SMILES string of the molecule is Cc1ccc(N2CCN(CCNCc3cc(-c4ccc(Cl)cc4)n(C(C)(C)C)n3)CC2)c(C)c1. The molecule has 1 aliphatic heterocycles. The maximum absolute atomic E-state index is 6.10.